The maximum Gasteiger partial charge on any atom is 0.337 e. The van der Waals surface area contributed by atoms with Gasteiger partial charge in [-0.05, 0) is 25.1 Å². The Bertz CT molecular complexity index is 679. The molecule has 0 saturated carbocycles. The van der Waals surface area contributed by atoms with Crippen molar-refractivity contribution in [3.8, 4) is 5.69 Å². The molecule has 7 heteroatoms. The Morgan fingerprint density at radius 1 is 1.37 bits per heavy atom. The molecular weight excluding hydrogens is 270 g/mol. The molecule has 0 saturated heterocycles. The van der Waals surface area contributed by atoms with Crippen LogP contribution in [0.15, 0.2) is 18.2 Å². The van der Waals surface area contributed by atoms with E-state index in [0.29, 0.717) is 11.4 Å². The van der Waals surface area contributed by atoms with Crippen LogP contribution < -0.4 is 0 Å². The van der Waals surface area contributed by atoms with Crippen LogP contribution in [0.4, 0.5) is 0 Å². The molecule has 0 aliphatic heterocycles. The third kappa shape index (κ3) is 2.34. The van der Waals surface area contributed by atoms with Gasteiger partial charge in [0.25, 0.3) is 0 Å². The Hall–Kier alpha value is -2.21. The lowest BCUT2D eigenvalue weighted by Crippen LogP contribution is -2.04. The average Bonchev–Trinajstić information content (AvgIpc) is 2.71. The van der Waals surface area contributed by atoms with Gasteiger partial charge in [-0.15, -0.1) is 5.10 Å². The van der Waals surface area contributed by atoms with Crippen molar-refractivity contribution in [3.63, 3.8) is 0 Å². The SMILES string of the molecule is CC(=O)c1nnn(-c2ccc(Cl)c(C(=O)O)c2)c1C. The number of carbonyl (C=O) groups is 2. The molecule has 0 aliphatic carbocycles. The molecule has 98 valence electrons. The van der Waals surface area contributed by atoms with Crippen LogP contribution in [-0.2, 0) is 0 Å². The van der Waals surface area contributed by atoms with Crippen molar-refractivity contribution < 1.29 is 14.7 Å². The highest BCUT2D eigenvalue weighted by atomic mass is 35.5. The minimum Gasteiger partial charge on any atom is -0.478 e. The molecule has 2 rings (SSSR count). The molecule has 1 N–H and O–H groups in total. The van der Waals surface area contributed by atoms with Crippen molar-refractivity contribution in [2.75, 3.05) is 0 Å². The Morgan fingerprint density at radius 2 is 2.05 bits per heavy atom. The third-order valence-corrected chi connectivity index (χ3v) is 2.98. The van der Waals surface area contributed by atoms with Crippen LogP contribution in [0.5, 0.6) is 0 Å². The standard InChI is InChI=1S/C12H10ClN3O3/c1-6-11(7(2)17)14-15-16(6)8-3-4-10(13)9(5-8)12(18)19/h3-5H,1-2H3,(H,18,19). The summed E-state index contributed by atoms with van der Waals surface area (Å²) in [6.07, 6.45) is 0. The number of nitrogens with zero attached hydrogens (tertiary/aromatic N) is 3. The second kappa shape index (κ2) is 4.81. The zero-order valence-electron chi connectivity index (χ0n) is 10.2. The lowest BCUT2D eigenvalue weighted by molar-refractivity contribution is 0.0696. The first kappa shape index (κ1) is 13.2. The van der Waals surface area contributed by atoms with E-state index < -0.39 is 5.97 Å². The monoisotopic (exact) mass is 279 g/mol. The van der Waals surface area contributed by atoms with E-state index >= 15 is 0 Å². The zero-order chi connectivity index (χ0) is 14.2. The van der Waals surface area contributed by atoms with Crippen LogP contribution in [-0.4, -0.2) is 31.9 Å². The second-order valence-electron chi connectivity index (χ2n) is 3.96. The number of rotatable bonds is 3. The Morgan fingerprint density at radius 3 is 2.58 bits per heavy atom. The minimum atomic E-state index is -1.13. The number of halogens is 1. The Balaban J connectivity index is 2.57. The first-order valence-electron chi connectivity index (χ1n) is 5.38. The Kier molecular flexibility index (Phi) is 3.35. The number of benzene rings is 1. The molecule has 6 nitrogen and oxygen atoms in total. The predicted octanol–water partition coefficient (Wildman–Crippen LogP) is 2.13. The minimum absolute atomic E-state index is 0.0292. The number of Topliss-reactive ketones (excluding diaryl/α,β-unsaturated/α-hetero) is 1. The van der Waals surface area contributed by atoms with Gasteiger partial charge in [-0.2, -0.15) is 0 Å². The molecule has 0 spiro atoms. The number of carbonyl (C=O) groups excluding carboxylic acids is 1. The molecule has 1 heterocycles. The number of hydrogen-bond donors (Lipinski definition) is 1. The summed E-state index contributed by atoms with van der Waals surface area (Å²) >= 11 is 5.79. The molecule has 0 fully saturated rings. The molecule has 0 bridgehead atoms. The summed E-state index contributed by atoms with van der Waals surface area (Å²) < 4.78 is 1.40. The largest absolute Gasteiger partial charge is 0.478 e. The summed E-state index contributed by atoms with van der Waals surface area (Å²) in [6.45, 7) is 3.08. The molecule has 1 aromatic heterocycles. The van der Waals surface area contributed by atoms with E-state index in [2.05, 4.69) is 10.3 Å². The number of ketones is 1. The first-order valence-corrected chi connectivity index (χ1v) is 5.76. The number of aromatic nitrogens is 3. The molecule has 0 atom stereocenters. The molecule has 2 aromatic rings. The van der Waals surface area contributed by atoms with Crippen LogP contribution in [0.1, 0.15) is 33.5 Å². The molecule has 0 radical (unpaired) electrons. The zero-order valence-corrected chi connectivity index (χ0v) is 11.0. The van der Waals surface area contributed by atoms with Gasteiger partial charge in [0.2, 0.25) is 0 Å². The van der Waals surface area contributed by atoms with Gasteiger partial charge < -0.3 is 5.11 Å². The van der Waals surface area contributed by atoms with Gasteiger partial charge in [0.05, 0.1) is 22.0 Å². The molecule has 0 unspecified atom stereocenters. The van der Waals surface area contributed by atoms with Gasteiger partial charge in [-0.3, -0.25) is 4.79 Å². The number of carboxylic acids is 1. The maximum atomic E-state index is 11.3. The normalized spacial score (nSPS) is 10.5. The average molecular weight is 280 g/mol. The van der Waals surface area contributed by atoms with E-state index in [1.807, 2.05) is 0 Å². The lowest BCUT2D eigenvalue weighted by Gasteiger charge is -2.05. The fourth-order valence-corrected chi connectivity index (χ4v) is 1.91. The van der Waals surface area contributed by atoms with Crippen LogP contribution in [0.2, 0.25) is 5.02 Å². The van der Waals surface area contributed by atoms with Crippen molar-refractivity contribution in [3.05, 3.63) is 40.2 Å². The Labute approximate surface area is 113 Å². The maximum absolute atomic E-state index is 11.3. The summed E-state index contributed by atoms with van der Waals surface area (Å²) in [5.74, 6) is -1.33. The number of aromatic carboxylic acids is 1. The van der Waals surface area contributed by atoms with Crippen molar-refractivity contribution in [2.45, 2.75) is 13.8 Å². The molecule has 0 aliphatic rings. The fraction of sp³-hybridized carbons (Fsp3) is 0.167. The second-order valence-corrected chi connectivity index (χ2v) is 4.37. The van der Waals surface area contributed by atoms with Gasteiger partial charge in [0.1, 0.15) is 0 Å². The van der Waals surface area contributed by atoms with Gasteiger partial charge in [-0.25, -0.2) is 9.48 Å². The first-order chi connectivity index (χ1) is 8.91. The number of carboxylic acid groups (broad SMARTS) is 1. The molecular formula is C12H10ClN3O3. The topological polar surface area (TPSA) is 85.1 Å². The van der Waals surface area contributed by atoms with Crippen LogP contribution in [0, 0.1) is 6.92 Å². The lowest BCUT2D eigenvalue weighted by atomic mass is 10.2. The van der Waals surface area contributed by atoms with E-state index in [1.54, 1.807) is 13.0 Å². The van der Waals surface area contributed by atoms with Crippen molar-refractivity contribution in [2.24, 2.45) is 0 Å². The predicted molar refractivity (Wildman–Crippen MR) is 68.1 cm³/mol. The van der Waals surface area contributed by atoms with Crippen LogP contribution in [0.25, 0.3) is 5.69 Å². The molecule has 19 heavy (non-hydrogen) atoms. The highest BCUT2D eigenvalue weighted by Crippen LogP contribution is 2.21. The van der Waals surface area contributed by atoms with Gasteiger partial charge >= 0.3 is 5.97 Å². The summed E-state index contributed by atoms with van der Waals surface area (Å²) in [7, 11) is 0. The van der Waals surface area contributed by atoms with Crippen LogP contribution in [0.3, 0.4) is 0 Å². The van der Waals surface area contributed by atoms with E-state index in [0.717, 1.165) is 0 Å². The summed E-state index contributed by atoms with van der Waals surface area (Å²) in [6, 6.07) is 4.46. The summed E-state index contributed by atoms with van der Waals surface area (Å²) in [5.41, 5.74) is 1.26. The summed E-state index contributed by atoms with van der Waals surface area (Å²) in [4.78, 5) is 22.3. The van der Waals surface area contributed by atoms with E-state index in [-0.39, 0.29) is 22.1 Å². The van der Waals surface area contributed by atoms with E-state index in [4.69, 9.17) is 16.7 Å². The smallest absolute Gasteiger partial charge is 0.337 e. The number of hydrogen-bond acceptors (Lipinski definition) is 4. The summed E-state index contributed by atoms with van der Waals surface area (Å²) in [5, 5.41) is 16.8. The highest BCUT2D eigenvalue weighted by Gasteiger charge is 2.16. The van der Waals surface area contributed by atoms with Gasteiger partial charge in [0.15, 0.2) is 11.5 Å². The van der Waals surface area contributed by atoms with Crippen molar-refractivity contribution in [1.29, 1.82) is 0 Å². The van der Waals surface area contributed by atoms with Crippen LogP contribution >= 0.6 is 11.6 Å². The van der Waals surface area contributed by atoms with E-state index in [1.165, 1.54) is 23.7 Å². The van der Waals surface area contributed by atoms with Crippen molar-refractivity contribution >= 4 is 23.4 Å². The molecule has 0 amide bonds. The molecule has 1 aromatic carbocycles. The third-order valence-electron chi connectivity index (χ3n) is 2.65. The van der Waals surface area contributed by atoms with E-state index in [9.17, 15) is 9.59 Å². The van der Waals surface area contributed by atoms with Gasteiger partial charge in [-0.1, -0.05) is 16.8 Å². The van der Waals surface area contributed by atoms with Crippen molar-refractivity contribution in [1.82, 2.24) is 15.0 Å². The quantitative estimate of drug-likeness (QED) is 0.870. The highest BCUT2D eigenvalue weighted by molar-refractivity contribution is 6.33. The fourth-order valence-electron chi connectivity index (χ4n) is 1.71. The van der Waals surface area contributed by atoms with Gasteiger partial charge in [0, 0.05) is 6.92 Å².